The molecule has 8 heteroatoms. The molecule has 1 fully saturated rings. The first-order valence-corrected chi connectivity index (χ1v) is 9.62. The van der Waals surface area contributed by atoms with Gasteiger partial charge in [0.2, 0.25) is 5.91 Å². The summed E-state index contributed by atoms with van der Waals surface area (Å²) in [6.07, 6.45) is 0. The van der Waals surface area contributed by atoms with E-state index in [0.29, 0.717) is 32.8 Å². The van der Waals surface area contributed by atoms with E-state index in [2.05, 4.69) is 15.5 Å². The van der Waals surface area contributed by atoms with E-state index in [1.54, 1.807) is 11.0 Å². The second-order valence-corrected chi connectivity index (χ2v) is 6.56. The molecule has 154 valence electrons. The largest absolute Gasteiger partial charge is 0.492 e. The molecule has 0 aliphatic carbocycles. The van der Waals surface area contributed by atoms with Crippen LogP contribution in [0.1, 0.15) is 6.92 Å². The van der Waals surface area contributed by atoms with Crippen LogP contribution < -0.4 is 20.3 Å². The number of halogens is 1. The number of benzene rings is 2. The maximum atomic E-state index is 13.6. The van der Waals surface area contributed by atoms with Gasteiger partial charge < -0.3 is 25.2 Å². The number of hydrogen-bond acceptors (Lipinski definition) is 4. The summed E-state index contributed by atoms with van der Waals surface area (Å²) < 4.78 is 19.2. The van der Waals surface area contributed by atoms with Crippen molar-refractivity contribution in [2.24, 2.45) is 0 Å². The Hall–Kier alpha value is -3.29. The van der Waals surface area contributed by atoms with E-state index in [1.807, 2.05) is 31.2 Å². The Kier molecular flexibility index (Phi) is 6.89. The molecule has 0 bridgehead atoms. The van der Waals surface area contributed by atoms with Crippen molar-refractivity contribution in [1.29, 1.82) is 0 Å². The van der Waals surface area contributed by atoms with Gasteiger partial charge in [0.1, 0.15) is 11.6 Å². The number of carbonyl (C=O) groups is 2. The summed E-state index contributed by atoms with van der Waals surface area (Å²) in [5.74, 6) is 0.130. The number of hydrogen-bond donors (Lipinski definition) is 2. The molecular formula is C21H25FN4O3. The third-order valence-corrected chi connectivity index (χ3v) is 4.66. The molecule has 1 aliphatic heterocycles. The topological polar surface area (TPSA) is 73.9 Å². The van der Waals surface area contributed by atoms with Crippen molar-refractivity contribution in [3.8, 4) is 5.75 Å². The Morgan fingerprint density at radius 2 is 1.72 bits per heavy atom. The third-order valence-electron chi connectivity index (χ3n) is 4.66. The minimum absolute atomic E-state index is 0.0685. The molecule has 0 radical (unpaired) electrons. The normalized spacial score (nSPS) is 13.7. The minimum Gasteiger partial charge on any atom is -0.492 e. The zero-order valence-electron chi connectivity index (χ0n) is 16.4. The first-order valence-electron chi connectivity index (χ1n) is 9.62. The van der Waals surface area contributed by atoms with E-state index in [0.717, 1.165) is 11.4 Å². The molecule has 2 N–H and O–H groups in total. The van der Waals surface area contributed by atoms with Gasteiger partial charge in [-0.15, -0.1) is 0 Å². The van der Waals surface area contributed by atoms with E-state index >= 15 is 0 Å². The summed E-state index contributed by atoms with van der Waals surface area (Å²) in [6.45, 7) is 4.86. The van der Waals surface area contributed by atoms with Crippen molar-refractivity contribution in [2.45, 2.75) is 6.92 Å². The molecule has 0 unspecified atom stereocenters. The van der Waals surface area contributed by atoms with E-state index in [-0.39, 0.29) is 18.1 Å². The Balaban J connectivity index is 1.47. The fraction of sp³-hybridized carbons (Fsp3) is 0.333. The van der Waals surface area contributed by atoms with Crippen molar-refractivity contribution in [3.63, 3.8) is 0 Å². The van der Waals surface area contributed by atoms with E-state index in [4.69, 9.17) is 4.74 Å². The predicted octanol–water partition coefficient (Wildman–Crippen LogP) is 2.69. The smallest absolute Gasteiger partial charge is 0.319 e. The Bertz CT molecular complexity index is 853. The lowest BCUT2D eigenvalue weighted by molar-refractivity contribution is -0.130. The van der Waals surface area contributed by atoms with Crippen LogP contribution in [0.5, 0.6) is 5.75 Å². The minimum atomic E-state index is -0.618. The van der Waals surface area contributed by atoms with Crippen LogP contribution in [0.4, 0.5) is 20.6 Å². The van der Waals surface area contributed by atoms with E-state index in [1.165, 1.54) is 18.2 Å². The average Bonchev–Trinajstić information content (AvgIpc) is 2.74. The molecule has 0 spiro atoms. The molecule has 2 aromatic carbocycles. The van der Waals surface area contributed by atoms with Gasteiger partial charge in [-0.2, -0.15) is 0 Å². The highest BCUT2D eigenvalue weighted by atomic mass is 19.1. The molecule has 7 nitrogen and oxygen atoms in total. The Morgan fingerprint density at radius 3 is 2.45 bits per heavy atom. The van der Waals surface area contributed by atoms with Gasteiger partial charge in [-0.25, -0.2) is 9.18 Å². The van der Waals surface area contributed by atoms with Gasteiger partial charge in [0, 0.05) is 26.2 Å². The predicted molar refractivity (Wildman–Crippen MR) is 110 cm³/mol. The van der Waals surface area contributed by atoms with Gasteiger partial charge >= 0.3 is 6.03 Å². The standard InChI is InChI=1S/C21H25FN4O3/c1-2-29-19-10-6-5-9-18(19)25-11-13-26(14-12-25)20(27)15-23-21(28)24-17-8-4-3-7-16(17)22/h3-10H,2,11-15H2,1H3,(H2,23,24,28). The maximum absolute atomic E-state index is 13.6. The lowest BCUT2D eigenvalue weighted by Crippen LogP contribution is -2.51. The van der Waals surface area contributed by atoms with Gasteiger partial charge in [-0.05, 0) is 31.2 Å². The van der Waals surface area contributed by atoms with Gasteiger partial charge in [-0.3, -0.25) is 4.79 Å². The number of piperazine rings is 1. The van der Waals surface area contributed by atoms with Gasteiger partial charge in [0.05, 0.1) is 24.5 Å². The second-order valence-electron chi connectivity index (χ2n) is 6.56. The van der Waals surface area contributed by atoms with Crippen LogP contribution in [0.3, 0.4) is 0 Å². The maximum Gasteiger partial charge on any atom is 0.319 e. The Morgan fingerprint density at radius 1 is 1.03 bits per heavy atom. The summed E-state index contributed by atoms with van der Waals surface area (Å²) in [7, 11) is 0. The van der Waals surface area contributed by atoms with Crippen molar-refractivity contribution >= 4 is 23.3 Å². The van der Waals surface area contributed by atoms with Crippen molar-refractivity contribution in [2.75, 3.05) is 49.5 Å². The van der Waals surface area contributed by atoms with Crippen LogP contribution in [0, 0.1) is 5.82 Å². The first kappa shape index (κ1) is 20.4. The fourth-order valence-corrected chi connectivity index (χ4v) is 3.19. The average molecular weight is 400 g/mol. The van der Waals surface area contributed by atoms with E-state index in [9.17, 15) is 14.0 Å². The number of anilines is 2. The molecule has 1 saturated heterocycles. The highest BCUT2D eigenvalue weighted by molar-refractivity contribution is 5.92. The Labute approximate surface area is 169 Å². The number of rotatable bonds is 6. The van der Waals surface area contributed by atoms with Crippen LogP contribution in [0.2, 0.25) is 0 Å². The molecular weight excluding hydrogens is 375 g/mol. The third kappa shape index (κ3) is 5.37. The molecule has 0 saturated carbocycles. The SMILES string of the molecule is CCOc1ccccc1N1CCN(C(=O)CNC(=O)Nc2ccccc2F)CC1. The van der Waals surface area contributed by atoms with Crippen molar-refractivity contribution in [3.05, 3.63) is 54.3 Å². The molecule has 2 aromatic rings. The van der Waals surface area contributed by atoms with E-state index < -0.39 is 11.8 Å². The monoisotopic (exact) mass is 400 g/mol. The highest BCUT2D eigenvalue weighted by Crippen LogP contribution is 2.28. The molecule has 1 heterocycles. The molecule has 1 aliphatic rings. The molecule has 3 rings (SSSR count). The molecule has 3 amide bonds. The second kappa shape index (κ2) is 9.77. The molecule has 29 heavy (non-hydrogen) atoms. The number of nitrogens with one attached hydrogen (secondary N) is 2. The van der Waals surface area contributed by atoms with Gasteiger partial charge in [0.25, 0.3) is 0 Å². The summed E-state index contributed by atoms with van der Waals surface area (Å²) in [6, 6.07) is 13.1. The van der Waals surface area contributed by atoms with Crippen LogP contribution in [-0.2, 0) is 4.79 Å². The number of carbonyl (C=O) groups excluding carboxylic acids is 2. The summed E-state index contributed by atoms with van der Waals surface area (Å²) in [5, 5.41) is 4.88. The summed E-state index contributed by atoms with van der Waals surface area (Å²) >= 11 is 0. The quantitative estimate of drug-likeness (QED) is 0.782. The summed E-state index contributed by atoms with van der Waals surface area (Å²) in [4.78, 5) is 28.2. The van der Waals surface area contributed by atoms with Crippen molar-refractivity contribution in [1.82, 2.24) is 10.2 Å². The highest BCUT2D eigenvalue weighted by Gasteiger charge is 2.23. The number of nitrogens with zero attached hydrogens (tertiary/aromatic N) is 2. The first-order chi connectivity index (χ1) is 14.1. The van der Waals surface area contributed by atoms with Gasteiger partial charge in [-0.1, -0.05) is 24.3 Å². The lowest BCUT2D eigenvalue weighted by Gasteiger charge is -2.36. The number of ether oxygens (including phenoxy) is 1. The van der Waals surface area contributed by atoms with Crippen LogP contribution >= 0.6 is 0 Å². The van der Waals surface area contributed by atoms with Crippen molar-refractivity contribution < 1.29 is 18.7 Å². The zero-order valence-corrected chi connectivity index (χ0v) is 16.4. The lowest BCUT2D eigenvalue weighted by atomic mass is 10.2. The summed E-state index contributed by atoms with van der Waals surface area (Å²) in [5.41, 5.74) is 1.09. The van der Waals surface area contributed by atoms with Crippen LogP contribution in [0.25, 0.3) is 0 Å². The number of amides is 3. The number of para-hydroxylation sites is 3. The molecule has 0 atom stereocenters. The number of urea groups is 1. The van der Waals surface area contributed by atoms with Crippen LogP contribution in [0.15, 0.2) is 48.5 Å². The van der Waals surface area contributed by atoms with Crippen LogP contribution in [-0.4, -0.2) is 56.2 Å². The zero-order chi connectivity index (χ0) is 20.6. The molecule has 0 aromatic heterocycles. The fourth-order valence-electron chi connectivity index (χ4n) is 3.19. The van der Waals surface area contributed by atoms with Gasteiger partial charge in [0.15, 0.2) is 0 Å².